The normalized spacial score (nSPS) is 16.1. The maximum atomic E-state index is 12.3. The number of hydrogen-bond donors (Lipinski definition) is 3. The number of rotatable bonds is 11. The molecule has 1 aromatic carbocycles. The molecule has 0 radical (unpaired) electrons. The summed E-state index contributed by atoms with van der Waals surface area (Å²) in [5.74, 6) is 2.81. The number of benzene rings is 1. The van der Waals surface area contributed by atoms with E-state index in [2.05, 4.69) is 15.8 Å². The highest BCUT2D eigenvalue weighted by atomic mass is 16.6. The van der Waals surface area contributed by atoms with E-state index in [-0.39, 0.29) is 18.6 Å². The number of carbonyl (C=O) groups is 1. The molecule has 0 aliphatic carbocycles. The van der Waals surface area contributed by atoms with Crippen LogP contribution >= 0.6 is 0 Å². The van der Waals surface area contributed by atoms with Gasteiger partial charge in [-0.3, -0.25) is 0 Å². The molecule has 11 nitrogen and oxygen atoms in total. The number of aliphatic hydroxyl groups excluding tert-OH is 1. The smallest absolute Gasteiger partial charge is 0.409 e. The summed E-state index contributed by atoms with van der Waals surface area (Å²) in [5.41, 5.74) is 4.01. The van der Waals surface area contributed by atoms with Gasteiger partial charge in [0, 0.05) is 37.3 Å². The first-order valence-corrected chi connectivity index (χ1v) is 13.8. The molecule has 216 valence electrons. The van der Waals surface area contributed by atoms with Crippen molar-refractivity contribution in [2.24, 2.45) is 5.92 Å². The van der Waals surface area contributed by atoms with E-state index in [9.17, 15) is 9.90 Å². The molecule has 1 aliphatic rings. The Bertz CT molecular complexity index is 1280. The fourth-order valence-electron chi connectivity index (χ4n) is 4.95. The van der Waals surface area contributed by atoms with Gasteiger partial charge in [0.2, 0.25) is 0 Å². The molecule has 0 saturated carbocycles. The summed E-state index contributed by atoms with van der Waals surface area (Å²) in [6, 6.07) is 7.53. The van der Waals surface area contributed by atoms with Crippen molar-refractivity contribution in [3.63, 3.8) is 0 Å². The Morgan fingerprint density at radius 2 is 2.10 bits per heavy atom. The van der Waals surface area contributed by atoms with Crippen molar-refractivity contribution in [1.82, 2.24) is 25.3 Å². The summed E-state index contributed by atoms with van der Waals surface area (Å²) in [4.78, 5) is 23.9. The fourth-order valence-corrected chi connectivity index (χ4v) is 4.95. The minimum absolute atomic E-state index is 0.167. The van der Waals surface area contributed by atoms with Crippen molar-refractivity contribution in [3.05, 3.63) is 41.3 Å². The van der Waals surface area contributed by atoms with Crippen LogP contribution in [0, 0.1) is 26.7 Å². The van der Waals surface area contributed by atoms with E-state index in [4.69, 9.17) is 24.0 Å². The highest BCUT2D eigenvalue weighted by molar-refractivity contribution is 5.74. The second-order valence-electron chi connectivity index (χ2n) is 10.2. The van der Waals surface area contributed by atoms with Gasteiger partial charge in [0.25, 0.3) is 0 Å². The Morgan fingerprint density at radius 3 is 2.83 bits per heavy atom. The maximum Gasteiger partial charge on any atom is 0.409 e. The van der Waals surface area contributed by atoms with E-state index < -0.39 is 6.10 Å². The van der Waals surface area contributed by atoms with Crippen LogP contribution in [0.4, 0.5) is 10.6 Å². The quantitative estimate of drug-likeness (QED) is 0.321. The van der Waals surface area contributed by atoms with Crippen LogP contribution in [0.15, 0.2) is 28.8 Å². The van der Waals surface area contributed by atoms with Crippen LogP contribution in [-0.4, -0.2) is 83.8 Å². The van der Waals surface area contributed by atoms with Gasteiger partial charge in [-0.2, -0.15) is 0 Å². The van der Waals surface area contributed by atoms with Crippen LogP contribution in [0.5, 0.6) is 5.75 Å². The van der Waals surface area contributed by atoms with Gasteiger partial charge < -0.3 is 34.6 Å². The lowest BCUT2D eigenvalue weighted by Gasteiger charge is -2.32. The summed E-state index contributed by atoms with van der Waals surface area (Å²) in [7, 11) is 1.78. The van der Waals surface area contributed by atoms with E-state index in [0.717, 1.165) is 40.9 Å². The number of aliphatic hydroxyl groups is 1. The van der Waals surface area contributed by atoms with E-state index in [0.29, 0.717) is 55.9 Å². The number of hydrogen-bond acceptors (Lipinski definition) is 10. The lowest BCUT2D eigenvalue weighted by molar-refractivity contribution is 0.0898. The minimum atomic E-state index is -0.620. The molecule has 2 atom stereocenters. The molecular weight excluding hydrogens is 512 g/mol. The van der Waals surface area contributed by atoms with Crippen molar-refractivity contribution in [3.8, 4) is 28.4 Å². The summed E-state index contributed by atoms with van der Waals surface area (Å²) in [6.07, 6.45) is 1.06. The molecule has 3 aromatic rings. The van der Waals surface area contributed by atoms with Crippen LogP contribution in [0.2, 0.25) is 0 Å². The molecular formula is C29H40N6O5. The first-order valence-electron chi connectivity index (χ1n) is 13.8. The van der Waals surface area contributed by atoms with Gasteiger partial charge in [0.1, 0.15) is 30.0 Å². The third kappa shape index (κ3) is 7.08. The zero-order chi connectivity index (χ0) is 28.6. The van der Waals surface area contributed by atoms with Crippen molar-refractivity contribution in [2.75, 3.05) is 51.8 Å². The predicted octanol–water partition coefficient (Wildman–Crippen LogP) is 3.96. The van der Waals surface area contributed by atoms with E-state index in [1.807, 2.05) is 52.0 Å². The van der Waals surface area contributed by atoms with E-state index in [1.165, 1.54) is 0 Å². The number of likely N-dealkylation sites (tertiary alicyclic amines) is 1. The second kappa shape index (κ2) is 13.6. The number of aryl methyl sites for hydroxylation is 2. The summed E-state index contributed by atoms with van der Waals surface area (Å²) in [5, 5.41) is 20.7. The van der Waals surface area contributed by atoms with Gasteiger partial charge in [-0.1, -0.05) is 17.3 Å². The number of nitrogens with zero attached hydrogens (tertiary/aromatic N) is 4. The third-order valence-electron chi connectivity index (χ3n) is 6.99. The third-order valence-corrected chi connectivity index (χ3v) is 6.99. The molecule has 1 fully saturated rings. The van der Waals surface area contributed by atoms with Crippen molar-refractivity contribution in [2.45, 2.75) is 46.6 Å². The van der Waals surface area contributed by atoms with Crippen LogP contribution in [-0.2, 0) is 4.74 Å². The minimum Gasteiger partial charge on any atom is -0.491 e. The topological polar surface area (TPSA) is 135 Å². The Labute approximate surface area is 235 Å². The Kier molecular flexibility index (Phi) is 9.94. The van der Waals surface area contributed by atoms with Gasteiger partial charge in [0.05, 0.1) is 23.6 Å². The number of carbonyl (C=O) groups excluding carboxylic acids is 1. The zero-order valence-electron chi connectivity index (χ0n) is 24.0. The Morgan fingerprint density at radius 1 is 1.27 bits per heavy atom. The number of aromatic nitrogens is 3. The maximum absolute atomic E-state index is 12.3. The number of amides is 1. The summed E-state index contributed by atoms with van der Waals surface area (Å²) < 4.78 is 16.5. The van der Waals surface area contributed by atoms with E-state index in [1.54, 1.807) is 11.9 Å². The largest absolute Gasteiger partial charge is 0.491 e. The van der Waals surface area contributed by atoms with Crippen LogP contribution in [0.3, 0.4) is 0 Å². The van der Waals surface area contributed by atoms with Crippen LogP contribution in [0.1, 0.15) is 36.8 Å². The van der Waals surface area contributed by atoms with Gasteiger partial charge in [-0.15, -0.1) is 0 Å². The van der Waals surface area contributed by atoms with Crippen molar-refractivity contribution >= 4 is 11.9 Å². The molecule has 1 amide bonds. The fraction of sp³-hybridized carbons (Fsp3) is 0.517. The number of likely N-dealkylation sites (N-methyl/N-ethyl adjacent to an activating group) is 1. The summed E-state index contributed by atoms with van der Waals surface area (Å²) in [6.45, 7) is 10.6. The predicted molar refractivity (Wildman–Crippen MR) is 152 cm³/mol. The monoisotopic (exact) mass is 552 g/mol. The lowest BCUT2D eigenvalue weighted by Crippen LogP contribution is -2.42. The average Bonchev–Trinajstić information content (AvgIpc) is 3.29. The molecule has 2 unspecified atom stereocenters. The van der Waals surface area contributed by atoms with Crippen molar-refractivity contribution in [1.29, 1.82) is 0 Å². The SMILES string of the molecule is CCOC(=O)N1CCCC(CNc2nc(-c3cccc(OCC(O)CNC)c3)nc(-c3c(C)noc3C)c2C)C1. The molecule has 3 N–H and O–H groups in total. The highest BCUT2D eigenvalue weighted by Crippen LogP contribution is 2.34. The first kappa shape index (κ1) is 29.3. The number of ether oxygens (including phenoxy) is 2. The van der Waals surface area contributed by atoms with Gasteiger partial charge in [0.15, 0.2) is 5.82 Å². The first-order chi connectivity index (χ1) is 19.3. The molecule has 1 aliphatic heterocycles. The van der Waals surface area contributed by atoms with Crippen LogP contribution < -0.4 is 15.4 Å². The Hall–Kier alpha value is -3.70. The molecule has 11 heteroatoms. The standard InChI is InChI=1S/C29H40N6O5/c1-6-38-29(37)35-12-8-9-21(16-35)14-31-27-18(2)26(25-19(3)34-40-20(25)4)32-28(33-27)22-10-7-11-24(13-22)39-17-23(36)15-30-5/h7,10-11,13,21,23,30,36H,6,8-9,12,14-17H2,1-5H3,(H,31,32,33). The Balaban J connectivity index is 1.62. The second-order valence-corrected chi connectivity index (χ2v) is 10.2. The number of anilines is 1. The molecule has 40 heavy (non-hydrogen) atoms. The molecule has 4 rings (SSSR count). The van der Waals surface area contributed by atoms with Crippen LogP contribution in [0.25, 0.3) is 22.6 Å². The van der Waals surface area contributed by atoms with E-state index >= 15 is 0 Å². The zero-order valence-corrected chi connectivity index (χ0v) is 24.0. The summed E-state index contributed by atoms with van der Waals surface area (Å²) >= 11 is 0. The number of piperidine rings is 1. The highest BCUT2D eigenvalue weighted by Gasteiger charge is 2.26. The lowest BCUT2D eigenvalue weighted by atomic mass is 9.98. The molecule has 1 saturated heterocycles. The molecule has 0 spiro atoms. The van der Waals surface area contributed by atoms with Gasteiger partial charge >= 0.3 is 6.09 Å². The van der Waals surface area contributed by atoms with Gasteiger partial charge in [-0.25, -0.2) is 14.8 Å². The molecule has 2 aromatic heterocycles. The number of nitrogens with one attached hydrogen (secondary N) is 2. The van der Waals surface area contributed by atoms with Gasteiger partial charge in [-0.05, 0) is 65.6 Å². The average molecular weight is 553 g/mol. The molecule has 3 heterocycles. The molecule has 0 bridgehead atoms. The van der Waals surface area contributed by atoms with Crippen molar-refractivity contribution < 1.29 is 23.9 Å².